The number of unbranched alkanes of at least 4 members (excludes halogenated alkanes) is 12. The maximum atomic E-state index is 12.0. The highest BCUT2D eigenvalue weighted by atomic mass is 35.5. The van der Waals surface area contributed by atoms with Crippen molar-refractivity contribution in [3.05, 3.63) is 0 Å². The molecule has 166 valence electrons. The van der Waals surface area contributed by atoms with Crippen LogP contribution in [-0.4, -0.2) is 49.5 Å². The fourth-order valence-electron chi connectivity index (χ4n) is 3.47. The Morgan fingerprint density at radius 3 is 1.61 bits per heavy atom. The van der Waals surface area contributed by atoms with Crippen molar-refractivity contribution in [2.75, 3.05) is 27.7 Å². The molecule has 0 radical (unpaired) electrons. The van der Waals surface area contributed by atoms with E-state index in [9.17, 15) is 9.59 Å². The van der Waals surface area contributed by atoms with Crippen molar-refractivity contribution in [1.29, 1.82) is 0 Å². The fourth-order valence-corrected chi connectivity index (χ4v) is 3.64. The van der Waals surface area contributed by atoms with E-state index >= 15 is 0 Å². The molecule has 0 aromatic rings. The van der Waals surface area contributed by atoms with E-state index in [4.69, 9.17) is 16.3 Å². The highest BCUT2D eigenvalue weighted by molar-refractivity contribution is 6.63. The Hall–Kier alpha value is -0.610. The van der Waals surface area contributed by atoms with Crippen LogP contribution < -0.4 is 0 Å². The van der Waals surface area contributed by atoms with Crippen LogP contribution >= 0.6 is 11.6 Å². The zero-order valence-corrected chi connectivity index (χ0v) is 19.7. The second kappa shape index (κ2) is 17.3. The quantitative estimate of drug-likeness (QED) is 0.108. The number of hydrogen-bond donors (Lipinski definition) is 0. The van der Waals surface area contributed by atoms with Gasteiger partial charge < -0.3 is 9.22 Å². The number of halogens is 1. The minimum Gasteiger partial charge on any atom is -0.456 e. The van der Waals surface area contributed by atoms with Gasteiger partial charge in [0.05, 0.1) is 27.6 Å². The Morgan fingerprint density at radius 1 is 0.786 bits per heavy atom. The lowest BCUT2D eigenvalue weighted by Gasteiger charge is -2.28. The van der Waals surface area contributed by atoms with Crippen molar-refractivity contribution >= 4 is 22.8 Å². The van der Waals surface area contributed by atoms with E-state index in [1.165, 1.54) is 70.6 Å². The molecule has 0 spiro atoms. The predicted molar refractivity (Wildman–Crippen MR) is 119 cm³/mol. The lowest BCUT2D eigenvalue weighted by atomic mass is 10.0. The van der Waals surface area contributed by atoms with Gasteiger partial charge >= 0.3 is 5.97 Å². The summed E-state index contributed by atoms with van der Waals surface area (Å²) in [4.78, 5) is 23.2. The number of rotatable bonds is 19. The normalized spacial score (nSPS) is 12.8. The van der Waals surface area contributed by atoms with E-state index in [1.807, 2.05) is 21.1 Å². The zero-order chi connectivity index (χ0) is 21.3. The Kier molecular flexibility index (Phi) is 16.9. The SMILES string of the molecule is CCCCCCCCCCCCCCCC(=O)OC(CC(=O)Cl)C[N+](C)(C)C. The molecule has 0 heterocycles. The Bertz CT molecular complexity index is 407. The minimum absolute atomic E-state index is 0.0847. The van der Waals surface area contributed by atoms with E-state index < -0.39 is 11.3 Å². The molecule has 0 saturated heterocycles. The maximum Gasteiger partial charge on any atom is 0.306 e. The third-order valence-electron chi connectivity index (χ3n) is 4.92. The summed E-state index contributed by atoms with van der Waals surface area (Å²) in [5, 5.41) is -0.452. The van der Waals surface area contributed by atoms with Gasteiger partial charge in [0.25, 0.3) is 0 Å². The van der Waals surface area contributed by atoms with Crippen LogP contribution in [0.25, 0.3) is 0 Å². The topological polar surface area (TPSA) is 43.4 Å². The average Bonchev–Trinajstić information content (AvgIpc) is 2.56. The number of carbonyl (C=O) groups excluding carboxylic acids is 2. The summed E-state index contributed by atoms with van der Waals surface area (Å²) < 4.78 is 6.11. The first kappa shape index (κ1) is 27.4. The number of ether oxygens (including phenoxy) is 1. The lowest BCUT2D eigenvalue weighted by Crippen LogP contribution is -2.43. The standard InChI is InChI=1S/C23H45ClNO3/c1-5-6-7-8-9-10-11-12-13-14-15-16-17-18-23(27)28-21(19-22(24)26)20-25(2,3)4/h21H,5-20H2,1-4H3/q+1. The van der Waals surface area contributed by atoms with Crippen molar-refractivity contribution in [3.8, 4) is 0 Å². The molecule has 0 aliphatic rings. The summed E-state index contributed by atoms with van der Waals surface area (Å²) in [6, 6.07) is 0. The molecule has 0 bridgehead atoms. The van der Waals surface area contributed by atoms with Crippen LogP contribution in [0.3, 0.4) is 0 Å². The summed E-state index contributed by atoms with van der Waals surface area (Å²) in [6.07, 6.45) is 16.8. The molecule has 1 unspecified atom stereocenters. The summed E-state index contributed by atoms with van der Waals surface area (Å²) >= 11 is 5.48. The molecule has 1 atom stereocenters. The van der Waals surface area contributed by atoms with Gasteiger partial charge in [0.15, 0.2) is 6.10 Å². The third-order valence-corrected chi connectivity index (χ3v) is 5.08. The maximum absolute atomic E-state index is 12.0. The predicted octanol–water partition coefficient (Wildman–Crippen LogP) is 6.24. The number of quaternary nitrogens is 1. The fraction of sp³-hybridized carbons (Fsp3) is 0.913. The van der Waals surface area contributed by atoms with Gasteiger partial charge in [0.1, 0.15) is 6.54 Å². The largest absolute Gasteiger partial charge is 0.456 e. The van der Waals surface area contributed by atoms with E-state index in [2.05, 4.69) is 6.92 Å². The van der Waals surface area contributed by atoms with Gasteiger partial charge in [0, 0.05) is 6.42 Å². The van der Waals surface area contributed by atoms with Crippen LogP contribution in [-0.2, 0) is 14.3 Å². The van der Waals surface area contributed by atoms with Gasteiger partial charge in [-0.2, -0.15) is 0 Å². The van der Waals surface area contributed by atoms with Crippen molar-refractivity contribution in [3.63, 3.8) is 0 Å². The van der Waals surface area contributed by atoms with Gasteiger partial charge in [-0.25, -0.2) is 0 Å². The molecule has 0 amide bonds. The Labute approximate surface area is 178 Å². The first-order chi connectivity index (χ1) is 13.2. The average molecular weight is 419 g/mol. The minimum atomic E-state index is -0.452. The molecule has 0 saturated carbocycles. The molecular weight excluding hydrogens is 374 g/mol. The molecule has 0 rings (SSSR count). The summed E-state index contributed by atoms with van der Waals surface area (Å²) in [7, 11) is 6.02. The number of hydrogen-bond acceptors (Lipinski definition) is 3. The van der Waals surface area contributed by atoms with Gasteiger partial charge in [0.2, 0.25) is 5.24 Å². The summed E-state index contributed by atoms with van der Waals surface area (Å²) in [6.45, 7) is 2.85. The van der Waals surface area contributed by atoms with Crippen LogP contribution in [0.15, 0.2) is 0 Å². The number of nitrogens with zero attached hydrogens (tertiary/aromatic N) is 1. The molecular formula is C23H45ClNO3+. The van der Waals surface area contributed by atoms with Crippen LogP contribution in [0.2, 0.25) is 0 Å². The van der Waals surface area contributed by atoms with Crippen molar-refractivity contribution in [1.82, 2.24) is 0 Å². The highest BCUT2D eigenvalue weighted by Gasteiger charge is 2.24. The molecule has 0 aromatic heterocycles. The van der Waals surface area contributed by atoms with Crippen LogP contribution in [0.1, 0.15) is 103 Å². The molecule has 28 heavy (non-hydrogen) atoms. The van der Waals surface area contributed by atoms with Gasteiger partial charge in [-0.3, -0.25) is 9.59 Å². The van der Waals surface area contributed by atoms with E-state index in [-0.39, 0.29) is 12.4 Å². The summed E-state index contributed by atoms with van der Waals surface area (Å²) in [5.74, 6) is -0.209. The molecule has 5 heteroatoms. The number of esters is 1. The van der Waals surface area contributed by atoms with Gasteiger partial charge in [-0.1, -0.05) is 84.0 Å². The van der Waals surface area contributed by atoms with E-state index in [0.29, 0.717) is 17.4 Å². The third kappa shape index (κ3) is 20.1. The second-order valence-corrected chi connectivity index (χ2v) is 9.56. The zero-order valence-electron chi connectivity index (χ0n) is 18.9. The highest BCUT2D eigenvalue weighted by Crippen LogP contribution is 2.14. The molecule has 0 aliphatic carbocycles. The number of carbonyl (C=O) groups is 2. The molecule has 0 fully saturated rings. The van der Waals surface area contributed by atoms with E-state index in [0.717, 1.165) is 12.8 Å². The molecule has 0 N–H and O–H groups in total. The Balaban J connectivity index is 3.63. The molecule has 4 nitrogen and oxygen atoms in total. The van der Waals surface area contributed by atoms with Gasteiger partial charge in [-0.15, -0.1) is 0 Å². The first-order valence-electron chi connectivity index (χ1n) is 11.4. The Morgan fingerprint density at radius 2 is 1.21 bits per heavy atom. The smallest absolute Gasteiger partial charge is 0.306 e. The second-order valence-electron chi connectivity index (χ2n) is 9.14. The van der Waals surface area contributed by atoms with E-state index in [1.54, 1.807) is 0 Å². The molecule has 0 aromatic carbocycles. The first-order valence-corrected chi connectivity index (χ1v) is 11.8. The molecule has 0 aliphatic heterocycles. The van der Waals surface area contributed by atoms with Crippen LogP contribution in [0.4, 0.5) is 0 Å². The van der Waals surface area contributed by atoms with Crippen LogP contribution in [0.5, 0.6) is 0 Å². The number of likely N-dealkylation sites (N-methyl/N-ethyl adjacent to an activating group) is 1. The van der Waals surface area contributed by atoms with Crippen molar-refractivity contribution in [2.24, 2.45) is 0 Å². The van der Waals surface area contributed by atoms with Crippen molar-refractivity contribution < 1.29 is 18.8 Å². The van der Waals surface area contributed by atoms with Crippen LogP contribution in [0, 0.1) is 0 Å². The lowest BCUT2D eigenvalue weighted by molar-refractivity contribution is -0.873. The monoisotopic (exact) mass is 418 g/mol. The summed E-state index contributed by atoms with van der Waals surface area (Å²) in [5.41, 5.74) is 0. The van der Waals surface area contributed by atoms with Crippen molar-refractivity contribution in [2.45, 2.75) is 109 Å². The van der Waals surface area contributed by atoms with Gasteiger partial charge in [-0.05, 0) is 18.0 Å².